The molecule has 0 aliphatic rings. The number of hydrogen-bond acceptors (Lipinski definition) is 2. The zero-order chi connectivity index (χ0) is 24.3. The summed E-state index contributed by atoms with van der Waals surface area (Å²) in [5.41, 5.74) is 4.45. The quantitative estimate of drug-likeness (QED) is 0.356. The average molecular weight is 380 g/mol. The van der Waals surface area contributed by atoms with Gasteiger partial charge < -0.3 is 4.42 Å². The van der Waals surface area contributed by atoms with E-state index >= 15 is 0 Å². The van der Waals surface area contributed by atoms with Crippen LogP contribution in [0.15, 0.2) is 83.3 Å². The van der Waals surface area contributed by atoms with Gasteiger partial charge in [-0.3, -0.25) is 0 Å². The van der Waals surface area contributed by atoms with Gasteiger partial charge in [0.1, 0.15) is 18.2 Å². The first-order valence-corrected chi connectivity index (χ1v) is 9.17. The number of aryl methyl sites for hydroxylation is 2. The maximum Gasteiger partial charge on any atom is 0.216 e. The predicted octanol–water partition coefficient (Wildman–Crippen LogP) is 5.92. The molecule has 2 aromatic heterocycles. The summed E-state index contributed by atoms with van der Waals surface area (Å²) in [5.74, 6) is 0. The van der Waals surface area contributed by atoms with E-state index in [0.717, 1.165) is 22.2 Å². The zero-order valence-corrected chi connectivity index (χ0v) is 15.9. The molecule has 138 valence electrons. The van der Waals surface area contributed by atoms with Crippen molar-refractivity contribution in [2.45, 2.75) is 6.92 Å². The van der Waals surface area contributed by atoms with Crippen molar-refractivity contribution < 1.29 is 15.8 Å². The first kappa shape index (κ1) is 12.5. The Balaban J connectivity index is 1.98. The highest BCUT2D eigenvalue weighted by molar-refractivity contribution is 6.15. The molecule has 5 rings (SSSR count). The van der Waals surface area contributed by atoms with Gasteiger partial charge in [-0.1, -0.05) is 42.3 Å². The van der Waals surface area contributed by atoms with Crippen LogP contribution in [0.1, 0.15) is 18.0 Å². The van der Waals surface area contributed by atoms with Gasteiger partial charge in [-0.05, 0) is 36.2 Å². The third-order valence-corrected chi connectivity index (χ3v) is 5.20. The zero-order valence-electron chi connectivity index (χ0n) is 20.9. The number of nitriles is 1. The minimum Gasteiger partial charge on any atom is -0.454 e. The van der Waals surface area contributed by atoms with Gasteiger partial charge in [-0.15, -0.1) is 0 Å². The van der Waals surface area contributed by atoms with Crippen LogP contribution in [0.3, 0.4) is 0 Å². The molecule has 3 nitrogen and oxygen atoms in total. The van der Waals surface area contributed by atoms with Crippen molar-refractivity contribution in [2.75, 3.05) is 0 Å². The molecule has 0 N–H and O–H groups in total. The normalized spacial score (nSPS) is 13.5. The van der Waals surface area contributed by atoms with Crippen LogP contribution in [0.4, 0.5) is 0 Å². The first-order valence-electron chi connectivity index (χ1n) is 11.7. The van der Waals surface area contributed by atoms with E-state index in [9.17, 15) is 5.26 Å². The Morgan fingerprint density at radius 3 is 2.59 bits per heavy atom. The lowest BCUT2D eigenvalue weighted by molar-refractivity contribution is -0.660. The van der Waals surface area contributed by atoms with Crippen LogP contribution < -0.4 is 4.57 Å². The Morgan fingerprint density at radius 2 is 1.83 bits per heavy atom. The second-order valence-electron chi connectivity index (χ2n) is 6.91. The van der Waals surface area contributed by atoms with Crippen molar-refractivity contribution in [1.29, 1.82) is 5.26 Å². The van der Waals surface area contributed by atoms with Gasteiger partial charge in [0.2, 0.25) is 5.69 Å². The topological polar surface area (TPSA) is 40.8 Å². The molecular formula is C26H19N2O+. The summed E-state index contributed by atoms with van der Waals surface area (Å²) in [4.78, 5) is 0. The maximum absolute atomic E-state index is 9.84. The van der Waals surface area contributed by atoms with Crippen LogP contribution >= 0.6 is 0 Å². The van der Waals surface area contributed by atoms with Crippen molar-refractivity contribution in [3.8, 4) is 28.5 Å². The molecule has 0 fully saturated rings. The lowest BCUT2D eigenvalue weighted by atomic mass is 9.96. The molecule has 5 aromatic rings. The molecule has 29 heavy (non-hydrogen) atoms. The van der Waals surface area contributed by atoms with Crippen LogP contribution in [0.2, 0.25) is 0 Å². The van der Waals surface area contributed by atoms with Gasteiger partial charge in [-0.25, -0.2) is 4.57 Å². The molecule has 0 radical (unpaired) electrons. The number of aromatic nitrogens is 1. The molecule has 2 heterocycles. The van der Waals surface area contributed by atoms with Crippen LogP contribution in [0.5, 0.6) is 0 Å². The van der Waals surface area contributed by atoms with Crippen molar-refractivity contribution in [3.63, 3.8) is 0 Å². The Hall–Kier alpha value is -3.90. The Kier molecular flexibility index (Phi) is 2.86. The van der Waals surface area contributed by atoms with Crippen LogP contribution in [0.25, 0.3) is 44.3 Å². The summed E-state index contributed by atoms with van der Waals surface area (Å²) in [5, 5.41) is 11.1. The molecule has 0 spiro atoms. The van der Waals surface area contributed by atoms with E-state index in [2.05, 4.69) is 6.07 Å². The standard InChI is InChI=1S/C26H19N2O/c1-17-11-13-21-24-19(16-27)12-14-20(18-8-4-3-5-9-18)25(24)29-26(21)23(17)22-10-6-7-15-28(22)2/h3-15H,1-2H3/q+1/i3D,4D,5D,8D,9D. The van der Waals surface area contributed by atoms with Gasteiger partial charge in [0.15, 0.2) is 6.20 Å². The third kappa shape index (κ3) is 2.61. The lowest BCUT2D eigenvalue weighted by Gasteiger charge is -2.05. The molecular weight excluding hydrogens is 356 g/mol. The molecule has 0 bridgehead atoms. The van der Waals surface area contributed by atoms with E-state index in [0.29, 0.717) is 27.7 Å². The fraction of sp³-hybridized carbons (Fsp3) is 0.0769. The number of fused-ring (bicyclic) bond motifs is 3. The highest BCUT2D eigenvalue weighted by atomic mass is 16.3. The number of pyridine rings is 1. The molecule has 0 saturated heterocycles. The van der Waals surface area contributed by atoms with E-state index in [1.54, 1.807) is 12.1 Å². The molecule has 0 aliphatic carbocycles. The summed E-state index contributed by atoms with van der Waals surface area (Å²) in [6.07, 6.45) is 1.94. The molecule has 0 saturated carbocycles. The van der Waals surface area contributed by atoms with E-state index < -0.39 is 18.1 Å². The van der Waals surface area contributed by atoms with Crippen LogP contribution in [0, 0.1) is 18.3 Å². The highest BCUT2D eigenvalue weighted by Gasteiger charge is 2.22. The largest absolute Gasteiger partial charge is 0.454 e. The summed E-state index contributed by atoms with van der Waals surface area (Å²) in [6.45, 7) is 1.98. The number of rotatable bonds is 2. The minimum absolute atomic E-state index is 0.0445. The molecule has 0 amide bonds. The van der Waals surface area contributed by atoms with Gasteiger partial charge in [-0.2, -0.15) is 5.26 Å². The van der Waals surface area contributed by atoms with Gasteiger partial charge in [0.05, 0.1) is 24.0 Å². The summed E-state index contributed by atoms with van der Waals surface area (Å²) < 4.78 is 49.4. The molecule has 3 heteroatoms. The van der Waals surface area contributed by atoms with Gasteiger partial charge in [0.25, 0.3) is 0 Å². The van der Waals surface area contributed by atoms with Gasteiger partial charge in [0, 0.05) is 28.5 Å². The molecule has 3 aromatic carbocycles. The molecule has 0 unspecified atom stereocenters. The summed E-state index contributed by atoms with van der Waals surface area (Å²) in [7, 11) is 1.94. The Bertz CT molecular complexity index is 1670. The van der Waals surface area contributed by atoms with Crippen molar-refractivity contribution in [2.24, 2.45) is 7.05 Å². The second-order valence-corrected chi connectivity index (χ2v) is 6.91. The Labute approximate surface area is 176 Å². The predicted molar refractivity (Wildman–Crippen MR) is 115 cm³/mol. The Morgan fingerprint density at radius 1 is 1.00 bits per heavy atom. The van der Waals surface area contributed by atoms with E-state index in [1.165, 1.54) is 0 Å². The molecule has 0 aliphatic heterocycles. The minimum atomic E-state index is -0.456. The number of hydrogen-bond donors (Lipinski definition) is 0. The second kappa shape index (κ2) is 6.61. The third-order valence-electron chi connectivity index (χ3n) is 5.20. The highest BCUT2D eigenvalue weighted by Crippen LogP contribution is 2.41. The smallest absolute Gasteiger partial charge is 0.216 e. The van der Waals surface area contributed by atoms with Crippen molar-refractivity contribution in [3.05, 3.63) is 90.0 Å². The summed E-state index contributed by atoms with van der Waals surface area (Å²) >= 11 is 0. The van der Waals surface area contributed by atoms with Gasteiger partial charge >= 0.3 is 0 Å². The fourth-order valence-corrected chi connectivity index (χ4v) is 3.82. The monoisotopic (exact) mass is 380 g/mol. The van der Waals surface area contributed by atoms with Crippen molar-refractivity contribution in [1.82, 2.24) is 0 Å². The van der Waals surface area contributed by atoms with E-state index in [1.807, 2.05) is 55.1 Å². The first-order chi connectivity index (χ1) is 16.3. The molecule has 0 atom stereocenters. The van der Waals surface area contributed by atoms with E-state index in [-0.39, 0.29) is 17.6 Å². The van der Waals surface area contributed by atoms with Crippen LogP contribution in [-0.2, 0) is 7.05 Å². The van der Waals surface area contributed by atoms with Crippen molar-refractivity contribution >= 4 is 21.9 Å². The summed E-state index contributed by atoms with van der Waals surface area (Å²) in [6, 6.07) is 13.2. The lowest BCUT2D eigenvalue weighted by Crippen LogP contribution is -2.30. The van der Waals surface area contributed by atoms with Crippen LogP contribution in [-0.4, -0.2) is 0 Å². The maximum atomic E-state index is 9.84. The number of benzene rings is 3. The number of furan rings is 1. The average Bonchev–Trinajstić information content (AvgIpc) is 3.22. The number of nitrogens with zero attached hydrogens (tertiary/aromatic N) is 2. The SMILES string of the molecule is [2H]c1c([2H])c([2H])c(-c2ccc(C#N)c3c2oc2c(-c4cccc[n+]4C)c(C)ccc23)c([2H])c1[2H]. The fourth-order valence-electron chi connectivity index (χ4n) is 3.82. The van der Waals surface area contributed by atoms with E-state index in [4.69, 9.17) is 11.3 Å².